The van der Waals surface area contributed by atoms with Gasteiger partial charge in [-0.3, -0.25) is 0 Å². The molecule has 0 spiro atoms. The number of hydrogen-bond acceptors (Lipinski definition) is 3. The quantitative estimate of drug-likeness (QED) is 0.759. The van der Waals surface area contributed by atoms with Gasteiger partial charge in [-0.2, -0.15) is 0 Å². The Labute approximate surface area is 104 Å². The number of nitrogens with one attached hydrogen (secondary N) is 1. The van der Waals surface area contributed by atoms with Crippen molar-refractivity contribution in [3.63, 3.8) is 0 Å². The standard InChI is InChI=1S/C14H22N2O/c1-16(13-8-9-15-12-13)10-5-11-17-14-6-3-2-4-7-14/h2-4,6-7,13,15H,5,8-12H2,1H3. The maximum absolute atomic E-state index is 5.68. The van der Waals surface area contributed by atoms with Gasteiger partial charge in [0.15, 0.2) is 0 Å². The van der Waals surface area contributed by atoms with Crippen LogP contribution in [0.4, 0.5) is 0 Å². The van der Waals surface area contributed by atoms with Crippen LogP contribution >= 0.6 is 0 Å². The first-order valence-electron chi connectivity index (χ1n) is 6.45. The summed E-state index contributed by atoms with van der Waals surface area (Å²) in [5.41, 5.74) is 0. The van der Waals surface area contributed by atoms with E-state index in [4.69, 9.17) is 4.74 Å². The number of ether oxygens (including phenoxy) is 1. The Kier molecular flexibility index (Phi) is 4.83. The molecule has 94 valence electrons. The average Bonchev–Trinajstić information content (AvgIpc) is 2.89. The Morgan fingerprint density at radius 2 is 2.18 bits per heavy atom. The van der Waals surface area contributed by atoms with Crippen LogP contribution in [-0.2, 0) is 0 Å². The molecule has 1 fully saturated rings. The number of rotatable bonds is 6. The molecule has 1 N–H and O–H groups in total. The van der Waals surface area contributed by atoms with E-state index in [1.54, 1.807) is 0 Å². The summed E-state index contributed by atoms with van der Waals surface area (Å²) in [5, 5.41) is 3.40. The van der Waals surface area contributed by atoms with Gasteiger partial charge in [0, 0.05) is 19.1 Å². The largest absolute Gasteiger partial charge is 0.494 e. The van der Waals surface area contributed by atoms with Gasteiger partial charge in [0.25, 0.3) is 0 Å². The number of hydrogen-bond donors (Lipinski definition) is 1. The van der Waals surface area contributed by atoms with Crippen LogP contribution in [0.3, 0.4) is 0 Å². The van der Waals surface area contributed by atoms with Crippen molar-refractivity contribution >= 4 is 0 Å². The van der Waals surface area contributed by atoms with Crippen molar-refractivity contribution in [1.82, 2.24) is 10.2 Å². The summed E-state index contributed by atoms with van der Waals surface area (Å²) < 4.78 is 5.68. The third-order valence-electron chi connectivity index (χ3n) is 3.32. The van der Waals surface area contributed by atoms with Crippen molar-refractivity contribution < 1.29 is 4.74 Å². The SMILES string of the molecule is CN(CCCOc1ccccc1)C1CCNC1. The van der Waals surface area contributed by atoms with E-state index in [2.05, 4.69) is 17.3 Å². The predicted octanol–water partition coefficient (Wildman–Crippen LogP) is 1.75. The van der Waals surface area contributed by atoms with Gasteiger partial charge in [0.1, 0.15) is 5.75 Å². The second-order valence-electron chi connectivity index (χ2n) is 4.64. The zero-order valence-electron chi connectivity index (χ0n) is 10.6. The van der Waals surface area contributed by atoms with Crippen LogP contribution in [0.15, 0.2) is 30.3 Å². The highest BCUT2D eigenvalue weighted by molar-refractivity contribution is 5.20. The van der Waals surface area contributed by atoms with Crippen molar-refractivity contribution in [2.45, 2.75) is 18.9 Å². The Bertz CT molecular complexity index is 309. The van der Waals surface area contributed by atoms with Gasteiger partial charge >= 0.3 is 0 Å². The second kappa shape index (κ2) is 6.62. The molecular formula is C14H22N2O. The van der Waals surface area contributed by atoms with Crippen LogP contribution in [0.5, 0.6) is 5.75 Å². The molecule has 1 atom stereocenters. The van der Waals surface area contributed by atoms with Crippen LogP contribution < -0.4 is 10.1 Å². The van der Waals surface area contributed by atoms with Crippen molar-refractivity contribution in [2.24, 2.45) is 0 Å². The second-order valence-corrected chi connectivity index (χ2v) is 4.64. The van der Waals surface area contributed by atoms with Crippen LogP contribution in [0.2, 0.25) is 0 Å². The molecule has 0 aliphatic carbocycles. The Balaban J connectivity index is 1.59. The molecule has 0 saturated carbocycles. The van der Waals surface area contributed by atoms with Crippen molar-refractivity contribution in [1.29, 1.82) is 0 Å². The average molecular weight is 234 g/mol. The predicted molar refractivity (Wildman–Crippen MR) is 70.5 cm³/mol. The van der Waals surface area contributed by atoms with E-state index < -0.39 is 0 Å². The normalized spacial score (nSPS) is 19.8. The van der Waals surface area contributed by atoms with E-state index in [1.165, 1.54) is 6.42 Å². The smallest absolute Gasteiger partial charge is 0.119 e. The van der Waals surface area contributed by atoms with E-state index in [9.17, 15) is 0 Å². The molecule has 1 aliphatic rings. The molecule has 0 radical (unpaired) electrons. The fourth-order valence-electron chi connectivity index (χ4n) is 2.22. The van der Waals surface area contributed by atoms with Crippen molar-refractivity contribution in [2.75, 3.05) is 33.3 Å². The summed E-state index contributed by atoms with van der Waals surface area (Å²) >= 11 is 0. The molecule has 0 amide bonds. The lowest BCUT2D eigenvalue weighted by Crippen LogP contribution is -2.34. The number of nitrogens with zero attached hydrogens (tertiary/aromatic N) is 1. The van der Waals surface area contributed by atoms with E-state index in [0.29, 0.717) is 6.04 Å². The van der Waals surface area contributed by atoms with Crippen molar-refractivity contribution in [3.8, 4) is 5.75 Å². The van der Waals surface area contributed by atoms with Crippen LogP contribution in [0.1, 0.15) is 12.8 Å². The summed E-state index contributed by atoms with van der Waals surface area (Å²) in [5.74, 6) is 0.970. The highest BCUT2D eigenvalue weighted by Gasteiger charge is 2.18. The van der Waals surface area contributed by atoms with Gasteiger partial charge < -0.3 is 15.0 Å². The third kappa shape index (κ3) is 4.02. The summed E-state index contributed by atoms with van der Waals surface area (Å²) in [6.07, 6.45) is 2.36. The zero-order chi connectivity index (χ0) is 11.9. The van der Waals surface area contributed by atoms with E-state index >= 15 is 0 Å². The first-order chi connectivity index (χ1) is 8.36. The maximum Gasteiger partial charge on any atom is 0.119 e. The molecule has 0 aromatic heterocycles. The first-order valence-corrected chi connectivity index (χ1v) is 6.45. The number of benzene rings is 1. The molecule has 17 heavy (non-hydrogen) atoms. The van der Waals surface area contributed by atoms with Crippen LogP contribution in [-0.4, -0.2) is 44.2 Å². The minimum Gasteiger partial charge on any atom is -0.494 e. The fourth-order valence-corrected chi connectivity index (χ4v) is 2.22. The first kappa shape index (κ1) is 12.4. The molecule has 1 aromatic carbocycles. The summed E-state index contributed by atoms with van der Waals surface area (Å²) in [4.78, 5) is 2.44. The Hall–Kier alpha value is -1.06. The van der Waals surface area contributed by atoms with Gasteiger partial charge in [0.2, 0.25) is 0 Å². The van der Waals surface area contributed by atoms with Gasteiger partial charge in [0.05, 0.1) is 6.61 Å². The van der Waals surface area contributed by atoms with E-state index in [0.717, 1.165) is 38.4 Å². The molecule has 1 heterocycles. The Morgan fingerprint density at radius 3 is 2.88 bits per heavy atom. The molecule has 1 saturated heterocycles. The summed E-state index contributed by atoms with van der Waals surface area (Å²) in [7, 11) is 2.21. The molecular weight excluding hydrogens is 212 g/mol. The minimum atomic E-state index is 0.715. The molecule has 1 aliphatic heterocycles. The molecule has 0 bridgehead atoms. The van der Waals surface area contributed by atoms with E-state index in [1.807, 2.05) is 30.3 Å². The van der Waals surface area contributed by atoms with Crippen LogP contribution in [0, 0.1) is 0 Å². The number of likely N-dealkylation sites (N-methyl/N-ethyl adjacent to an activating group) is 1. The van der Waals surface area contributed by atoms with E-state index in [-0.39, 0.29) is 0 Å². The molecule has 1 unspecified atom stereocenters. The van der Waals surface area contributed by atoms with Gasteiger partial charge in [-0.1, -0.05) is 18.2 Å². The molecule has 1 aromatic rings. The fraction of sp³-hybridized carbons (Fsp3) is 0.571. The minimum absolute atomic E-state index is 0.715. The molecule has 2 rings (SSSR count). The molecule has 3 nitrogen and oxygen atoms in total. The van der Waals surface area contributed by atoms with Gasteiger partial charge in [-0.25, -0.2) is 0 Å². The number of para-hydroxylation sites is 1. The van der Waals surface area contributed by atoms with Gasteiger partial charge in [-0.05, 0) is 38.6 Å². The third-order valence-corrected chi connectivity index (χ3v) is 3.32. The van der Waals surface area contributed by atoms with Crippen LogP contribution in [0.25, 0.3) is 0 Å². The topological polar surface area (TPSA) is 24.5 Å². The lowest BCUT2D eigenvalue weighted by Gasteiger charge is -2.23. The van der Waals surface area contributed by atoms with Gasteiger partial charge in [-0.15, -0.1) is 0 Å². The van der Waals surface area contributed by atoms with Crippen molar-refractivity contribution in [3.05, 3.63) is 30.3 Å². The highest BCUT2D eigenvalue weighted by atomic mass is 16.5. The zero-order valence-corrected chi connectivity index (χ0v) is 10.6. The summed E-state index contributed by atoms with van der Waals surface area (Å²) in [6, 6.07) is 10.7. The lowest BCUT2D eigenvalue weighted by molar-refractivity contribution is 0.224. The Morgan fingerprint density at radius 1 is 1.35 bits per heavy atom. The summed E-state index contributed by atoms with van der Waals surface area (Å²) in [6.45, 7) is 4.21. The maximum atomic E-state index is 5.68. The highest BCUT2D eigenvalue weighted by Crippen LogP contribution is 2.09. The monoisotopic (exact) mass is 234 g/mol. The lowest BCUT2D eigenvalue weighted by atomic mass is 10.2. The molecule has 3 heteroatoms.